The summed E-state index contributed by atoms with van der Waals surface area (Å²) >= 11 is 0. The summed E-state index contributed by atoms with van der Waals surface area (Å²) in [6.07, 6.45) is 2.09. The highest BCUT2D eigenvalue weighted by atomic mass is 19.1. The van der Waals surface area contributed by atoms with Crippen LogP contribution < -0.4 is 11.1 Å². The molecule has 98 valence electrons. The Bertz CT molecular complexity index is 461. The highest BCUT2D eigenvalue weighted by Crippen LogP contribution is 2.31. The van der Waals surface area contributed by atoms with Crippen LogP contribution in [-0.4, -0.2) is 11.9 Å². The van der Waals surface area contributed by atoms with Gasteiger partial charge in [0.1, 0.15) is 5.82 Å². The summed E-state index contributed by atoms with van der Waals surface area (Å²) in [7, 11) is 0. The van der Waals surface area contributed by atoms with Gasteiger partial charge in [-0.15, -0.1) is 0 Å². The lowest BCUT2D eigenvalue weighted by atomic mass is 9.97. The van der Waals surface area contributed by atoms with Crippen LogP contribution in [0.5, 0.6) is 0 Å². The third kappa shape index (κ3) is 2.33. The minimum atomic E-state index is -0.546. The van der Waals surface area contributed by atoms with E-state index in [9.17, 15) is 9.18 Å². The van der Waals surface area contributed by atoms with Gasteiger partial charge in [-0.25, -0.2) is 4.39 Å². The van der Waals surface area contributed by atoms with Gasteiger partial charge in [-0.3, -0.25) is 4.79 Å². The molecule has 3 N–H and O–H groups in total. The molecule has 1 amide bonds. The lowest BCUT2D eigenvalue weighted by molar-refractivity contribution is 0.0928. The number of rotatable bonds is 2. The maximum Gasteiger partial charge on any atom is 0.253 e. The number of anilines is 1. The number of nitrogen functional groups attached to an aromatic ring is 1. The number of nitrogens with two attached hydrogens (primary N) is 1. The van der Waals surface area contributed by atoms with Crippen molar-refractivity contribution in [3.63, 3.8) is 0 Å². The molecule has 4 heteroatoms. The van der Waals surface area contributed by atoms with Crippen molar-refractivity contribution < 1.29 is 9.18 Å². The summed E-state index contributed by atoms with van der Waals surface area (Å²) < 4.78 is 13.3. The number of hydrogen-bond acceptors (Lipinski definition) is 2. The predicted molar refractivity (Wildman–Crippen MR) is 69.6 cm³/mol. The Balaban J connectivity index is 2.11. The molecule has 0 heterocycles. The van der Waals surface area contributed by atoms with Gasteiger partial charge in [-0.2, -0.15) is 0 Å². The summed E-state index contributed by atoms with van der Waals surface area (Å²) in [5.74, 6) is 0.234. The number of para-hydroxylation sites is 1. The minimum Gasteiger partial charge on any atom is -0.396 e. The van der Waals surface area contributed by atoms with E-state index in [-0.39, 0.29) is 23.2 Å². The molecule has 18 heavy (non-hydrogen) atoms. The fraction of sp³-hybridized carbons (Fsp3) is 0.500. The average Bonchev–Trinajstić information content (AvgIpc) is 2.64. The summed E-state index contributed by atoms with van der Waals surface area (Å²) in [4.78, 5) is 12.1. The van der Waals surface area contributed by atoms with Crippen molar-refractivity contribution in [1.82, 2.24) is 5.32 Å². The number of hydrogen-bond donors (Lipinski definition) is 2. The molecule has 1 aliphatic carbocycles. The lowest BCUT2D eigenvalue weighted by Crippen LogP contribution is -2.37. The van der Waals surface area contributed by atoms with E-state index in [1.54, 1.807) is 6.07 Å². The highest BCUT2D eigenvalue weighted by molar-refractivity contribution is 5.99. The van der Waals surface area contributed by atoms with Crippen molar-refractivity contribution in [3.8, 4) is 0 Å². The van der Waals surface area contributed by atoms with Crippen molar-refractivity contribution in [2.24, 2.45) is 11.8 Å². The fourth-order valence-corrected chi connectivity index (χ4v) is 2.55. The predicted octanol–water partition coefficient (Wildman–Crippen LogP) is 2.57. The summed E-state index contributed by atoms with van der Waals surface area (Å²) in [5.41, 5.74) is 5.73. The van der Waals surface area contributed by atoms with Crippen LogP contribution in [0.1, 0.15) is 37.0 Å². The van der Waals surface area contributed by atoms with Gasteiger partial charge in [0.05, 0.1) is 11.3 Å². The van der Waals surface area contributed by atoms with E-state index < -0.39 is 5.82 Å². The van der Waals surface area contributed by atoms with Gasteiger partial charge >= 0.3 is 0 Å². The van der Waals surface area contributed by atoms with Crippen LogP contribution in [-0.2, 0) is 0 Å². The number of amides is 1. The molecule has 0 spiro atoms. The van der Waals surface area contributed by atoms with Crippen molar-refractivity contribution in [1.29, 1.82) is 0 Å². The maximum atomic E-state index is 13.3. The van der Waals surface area contributed by atoms with Crippen molar-refractivity contribution in [3.05, 3.63) is 29.6 Å². The van der Waals surface area contributed by atoms with Crippen LogP contribution in [0.3, 0.4) is 0 Å². The molecular weight excluding hydrogens is 231 g/mol. The second kappa shape index (κ2) is 4.96. The van der Waals surface area contributed by atoms with Crippen LogP contribution in [0.15, 0.2) is 18.2 Å². The number of nitrogens with one attached hydrogen (secondary N) is 1. The monoisotopic (exact) mass is 250 g/mol. The Morgan fingerprint density at radius 3 is 2.72 bits per heavy atom. The molecule has 1 aliphatic rings. The van der Waals surface area contributed by atoms with Gasteiger partial charge in [-0.05, 0) is 36.8 Å². The Kier molecular flexibility index (Phi) is 3.55. The van der Waals surface area contributed by atoms with Crippen molar-refractivity contribution >= 4 is 11.6 Å². The molecule has 0 bridgehead atoms. The molecule has 3 nitrogen and oxygen atoms in total. The minimum absolute atomic E-state index is 0.0753. The van der Waals surface area contributed by atoms with E-state index in [1.165, 1.54) is 12.1 Å². The molecule has 0 saturated heterocycles. The maximum absolute atomic E-state index is 13.3. The van der Waals surface area contributed by atoms with Crippen LogP contribution in [0, 0.1) is 17.7 Å². The molecule has 2 rings (SSSR count). The summed E-state index contributed by atoms with van der Waals surface area (Å²) in [5, 5.41) is 2.96. The first kappa shape index (κ1) is 12.9. The normalized spacial score (nSPS) is 27.2. The zero-order valence-electron chi connectivity index (χ0n) is 10.7. The zero-order chi connectivity index (χ0) is 13.3. The van der Waals surface area contributed by atoms with Gasteiger partial charge in [0, 0.05) is 6.04 Å². The van der Waals surface area contributed by atoms with Gasteiger partial charge in [0.25, 0.3) is 5.91 Å². The Morgan fingerprint density at radius 1 is 1.39 bits per heavy atom. The van der Waals surface area contributed by atoms with E-state index in [4.69, 9.17) is 5.73 Å². The van der Waals surface area contributed by atoms with E-state index >= 15 is 0 Å². The second-order valence-electron chi connectivity index (χ2n) is 5.19. The Labute approximate surface area is 107 Å². The summed E-state index contributed by atoms with van der Waals surface area (Å²) in [6.45, 7) is 4.32. The van der Waals surface area contributed by atoms with Gasteiger partial charge in [0.15, 0.2) is 0 Å². The van der Waals surface area contributed by atoms with E-state index in [2.05, 4.69) is 19.2 Å². The molecule has 1 fully saturated rings. The highest BCUT2D eigenvalue weighted by Gasteiger charge is 2.31. The first-order valence-corrected chi connectivity index (χ1v) is 6.35. The van der Waals surface area contributed by atoms with Gasteiger partial charge in [0.2, 0.25) is 0 Å². The third-order valence-electron chi connectivity index (χ3n) is 4.08. The van der Waals surface area contributed by atoms with Crippen molar-refractivity contribution in [2.45, 2.75) is 32.7 Å². The number of benzene rings is 1. The third-order valence-corrected chi connectivity index (χ3v) is 4.08. The van der Waals surface area contributed by atoms with Gasteiger partial charge < -0.3 is 11.1 Å². The number of carbonyl (C=O) groups is 1. The molecule has 1 saturated carbocycles. The van der Waals surface area contributed by atoms with Crippen molar-refractivity contribution in [2.75, 3.05) is 5.73 Å². The standard InChI is InChI=1S/C14H19FN2O/c1-8-6-7-12(9(8)2)17-14(18)10-4-3-5-11(15)13(10)16/h3-5,8-9,12H,6-7,16H2,1-2H3,(H,17,18). The van der Waals surface area contributed by atoms with Crippen LogP contribution in [0.2, 0.25) is 0 Å². The molecular formula is C14H19FN2O. The smallest absolute Gasteiger partial charge is 0.253 e. The van der Waals surface area contributed by atoms with Gasteiger partial charge in [-0.1, -0.05) is 19.9 Å². The van der Waals surface area contributed by atoms with E-state index in [1.807, 2.05) is 0 Å². The average molecular weight is 250 g/mol. The molecule has 1 aromatic rings. The lowest BCUT2D eigenvalue weighted by Gasteiger charge is -2.20. The fourth-order valence-electron chi connectivity index (χ4n) is 2.55. The van der Waals surface area contributed by atoms with Crippen LogP contribution in [0.4, 0.5) is 10.1 Å². The molecule has 3 unspecified atom stereocenters. The molecule has 3 atom stereocenters. The quantitative estimate of drug-likeness (QED) is 0.793. The number of carbonyl (C=O) groups excluding carboxylic acids is 1. The molecule has 0 aliphatic heterocycles. The first-order chi connectivity index (χ1) is 8.50. The SMILES string of the molecule is CC1CCC(NC(=O)c2cccc(F)c2N)C1C. The second-order valence-corrected chi connectivity index (χ2v) is 5.19. The molecule has 1 aromatic carbocycles. The number of halogens is 1. The summed E-state index contributed by atoms with van der Waals surface area (Å²) in [6, 6.07) is 4.47. The molecule has 0 aromatic heterocycles. The first-order valence-electron chi connectivity index (χ1n) is 6.35. The Morgan fingerprint density at radius 2 is 2.11 bits per heavy atom. The van der Waals surface area contributed by atoms with Crippen LogP contribution in [0.25, 0.3) is 0 Å². The topological polar surface area (TPSA) is 55.1 Å². The zero-order valence-corrected chi connectivity index (χ0v) is 10.7. The Hall–Kier alpha value is -1.58. The molecule has 0 radical (unpaired) electrons. The largest absolute Gasteiger partial charge is 0.396 e. The van der Waals surface area contributed by atoms with Crippen LogP contribution >= 0.6 is 0 Å². The van der Waals surface area contributed by atoms with E-state index in [0.717, 1.165) is 12.8 Å². The van der Waals surface area contributed by atoms with E-state index in [0.29, 0.717) is 11.8 Å².